The third-order valence-electron chi connectivity index (χ3n) is 5.38. The summed E-state index contributed by atoms with van der Waals surface area (Å²) >= 11 is 0. The summed E-state index contributed by atoms with van der Waals surface area (Å²) in [5.41, 5.74) is 5.64. The summed E-state index contributed by atoms with van der Waals surface area (Å²) < 4.78 is 33.2. The number of sulfonamides is 1. The van der Waals surface area contributed by atoms with E-state index in [1.165, 1.54) is 25.5 Å². The van der Waals surface area contributed by atoms with Gasteiger partial charge in [0.05, 0.1) is 23.9 Å². The summed E-state index contributed by atoms with van der Waals surface area (Å²) in [6, 6.07) is 16.6. The van der Waals surface area contributed by atoms with Gasteiger partial charge in [-0.1, -0.05) is 35.9 Å². The van der Waals surface area contributed by atoms with Gasteiger partial charge in [0, 0.05) is 5.56 Å². The molecular formula is C25H27N3O5S. The van der Waals surface area contributed by atoms with Gasteiger partial charge in [-0.3, -0.25) is 9.10 Å². The lowest BCUT2D eigenvalue weighted by Gasteiger charge is -2.26. The Morgan fingerprint density at radius 2 is 1.74 bits per heavy atom. The first kappa shape index (κ1) is 24.8. The molecule has 0 atom stereocenters. The number of aryl methyl sites for hydroxylation is 2. The lowest BCUT2D eigenvalue weighted by Crippen LogP contribution is -2.40. The molecular weight excluding hydrogens is 454 g/mol. The summed E-state index contributed by atoms with van der Waals surface area (Å²) in [6.45, 7) is 5.07. The zero-order valence-corrected chi connectivity index (χ0v) is 20.3. The van der Waals surface area contributed by atoms with E-state index in [1.807, 2.05) is 26.8 Å². The molecule has 3 aromatic rings. The monoisotopic (exact) mass is 481 g/mol. The molecule has 0 aliphatic rings. The van der Waals surface area contributed by atoms with Crippen molar-refractivity contribution in [2.75, 3.05) is 18.0 Å². The highest BCUT2D eigenvalue weighted by Crippen LogP contribution is 2.29. The number of carbonyl (C=O) groups excluding carboxylic acids is 1. The molecule has 0 unspecified atom stereocenters. The van der Waals surface area contributed by atoms with Gasteiger partial charge in [0.1, 0.15) is 6.54 Å². The van der Waals surface area contributed by atoms with E-state index in [9.17, 15) is 18.3 Å². The van der Waals surface area contributed by atoms with Crippen molar-refractivity contribution in [3.05, 3.63) is 82.9 Å². The Labute approximate surface area is 199 Å². The summed E-state index contributed by atoms with van der Waals surface area (Å²) in [7, 11) is -2.61. The van der Waals surface area contributed by atoms with Gasteiger partial charge in [0.25, 0.3) is 15.9 Å². The van der Waals surface area contributed by atoms with Crippen LogP contribution in [0.2, 0.25) is 0 Å². The molecule has 3 rings (SSSR count). The Kier molecular flexibility index (Phi) is 7.57. The van der Waals surface area contributed by atoms with Gasteiger partial charge >= 0.3 is 0 Å². The molecule has 0 saturated heterocycles. The van der Waals surface area contributed by atoms with Crippen LogP contribution in [-0.4, -0.2) is 39.3 Å². The number of methoxy groups -OCH3 is 1. The molecule has 0 heterocycles. The zero-order chi connectivity index (χ0) is 24.9. The van der Waals surface area contributed by atoms with Crippen LogP contribution in [0.15, 0.2) is 70.7 Å². The predicted molar refractivity (Wildman–Crippen MR) is 132 cm³/mol. The van der Waals surface area contributed by atoms with Gasteiger partial charge in [-0.15, -0.1) is 0 Å². The maximum Gasteiger partial charge on any atom is 0.264 e. The Morgan fingerprint density at radius 3 is 2.41 bits per heavy atom. The Balaban J connectivity index is 1.89. The molecule has 8 nitrogen and oxygen atoms in total. The fourth-order valence-corrected chi connectivity index (χ4v) is 4.77. The number of phenols is 1. The fourth-order valence-electron chi connectivity index (χ4n) is 3.29. The van der Waals surface area contributed by atoms with E-state index < -0.39 is 22.5 Å². The minimum atomic E-state index is -4.03. The third kappa shape index (κ3) is 5.37. The maximum atomic E-state index is 13.5. The smallest absolute Gasteiger partial charge is 0.264 e. The minimum absolute atomic E-state index is 0.0802. The van der Waals surface area contributed by atoms with Crippen molar-refractivity contribution < 1.29 is 23.1 Å². The van der Waals surface area contributed by atoms with E-state index in [4.69, 9.17) is 4.74 Å². The van der Waals surface area contributed by atoms with Crippen LogP contribution in [0.25, 0.3) is 0 Å². The van der Waals surface area contributed by atoms with Gasteiger partial charge in [0.2, 0.25) is 0 Å². The SMILES string of the molecule is COc1cccc(/C=N\NC(=O)CN(c2cccc(C)c2C)S(=O)(=O)c2ccc(C)cc2)c1O. The first-order valence-corrected chi connectivity index (χ1v) is 11.9. The highest BCUT2D eigenvalue weighted by atomic mass is 32.2. The van der Waals surface area contributed by atoms with Crippen LogP contribution in [0.5, 0.6) is 11.5 Å². The van der Waals surface area contributed by atoms with Crippen LogP contribution < -0.4 is 14.5 Å². The number of nitrogens with zero attached hydrogens (tertiary/aromatic N) is 2. The van der Waals surface area contributed by atoms with E-state index in [0.717, 1.165) is 21.0 Å². The minimum Gasteiger partial charge on any atom is -0.504 e. The number of phenolic OH excluding ortho intramolecular Hbond substituents is 1. The number of anilines is 1. The number of hydrazone groups is 1. The van der Waals surface area contributed by atoms with E-state index in [-0.39, 0.29) is 16.4 Å². The van der Waals surface area contributed by atoms with E-state index in [2.05, 4.69) is 10.5 Å². The van der Waals surface area contributed by atoms with Gasteiger partial charge in [-0.25, -0.2) is 13.8 Å². The molecule has 0 aromatic heterocycles. The average Bonchev–Trinajstić information content (AvgIpc) is 2.81. The van der Waals surface area contributed by atoms with Crippen molar-refractivity contribution in [1.29, 1.82) is 0 Å². The number of nitrogens with one attached hydrogen (secondary N) is 1. The van der Waals surface area contributed by atoms with E-state index in [0.29, 0.717) is 11.3 Å². The molecule has 1 amide bonds. The number of benzene rings is 3. The first-order chi connectivity index (χ1) is 16.1. The van der Waals surface area contributed by atoms with Gasteiger partial charge in [-0.2, -0.15) is 5.10 Å². The van der Waals surface area contributed by atoms with Crippen molar-refractivity contribution in [3.8, 4) is 11.5 Å². The Morgan fingerprint density at radius 1 is 1.06 bits per heavy atom. The highest BCUT2D eigenvalue weighted by molar-refractivity contribution is 7.92. The summed E-state index contributed by atoms with van der Waals surface area (Å²) in [5.74, 6) is -0.502. The third-order valence-corrected chi connectivity index (χ3v) is 7.16. The normalized spacial score (nSPS) is 11.4. The fraction of sp³-hybridized carbons (Fsp3) is 0.200. The van der Waals surface area contributed by atoms with Gasteiger partial charge in [-0.05, 0) is 62.2 Å². The van der Waals surface area contributed by atoms with Crippen LogP contribution in [0.4, 0.5) is 5.69 Å². The van der Waals surface area contributed by atoms with Crippen LogP contribution in [0.3, 0.4) is 0 Å². The molecule has 0 aliphatic carbocycles. The Bertz CT molecular complexity index is 1320. The number of rotatable bonds is 8. The zero-order valence-electron chi connectivity index (χ0n) is 19.4. The summed E-state index contributed by atoms with van der Waals surface area (Å²) in [6.07, 6.45) is 1.26. The highest BCUT2D eigenvalue weighted by Gasteiger charge is 2.28. The standard InChI is InChI=1S/C25H27N3O5S/c1-17-11-13-21(14-12-17)34(31,32)28(22-9-5-7-18(2)19(22)3)16-24(29)27-26-15-20-8-6-10-23(33-4)25(20)30/h5-15,30H,16H2,1-4H3,(H,27,29)/b26-15-. The van der Waals surface area contributed by atoms with Crippen molar-refractivity contribution in [2.45, 2.75) is 25.7 Å². The molecule has 0 fully saturated rings. The van der Waals surface area contributed by atoms with Crippen molar-refractivity contribution >= 4 is 27.8 Å². The second-order valence-corrected chi connectivity index (χ2v) is 9.60. The number of ether oxygens (including phenoxy) is 1. The molecule has 0 saturated carbocycles. The topological polar surface area (TPSA) is 108 Å². The lowest BCUT2D eigenvalue weighted by molar-refractivity contribution is -0.119. The molecule has 34 heavy (non-hydrogen) atoms. The largest absolute Gasteiger partial charge is 0.504 e. The number of aromatic hydroxyl groups is 1. The number of hydrogen-bond acceptors (Lipinski definition) is 6. The molecule has 9 heteroatoms. The molecule has 3 aromatic carbocycles. The molecule has 0 aliphatic heterocycles. The van der Waals surface area contributed by atoms with E-state index in [1.54, 1.807) is 42.5 Å². The van der Waals surface area contributed by atoms with Gasteiger partial charge < -0.3 is 9.84 Å². The number of hydrogen-bond donors (Lipinski definition) is 2. The quantitative estimate of drug-likeness (QED) is 0.377. The second-order valence-electron chi connectivity index (χ2n) is 7.74. The number of carbonyl (C=O) groups is 1. The number of amides is 1. The van der Waals surface area contributed by atoms with Crippen LogP contribution in [0, 0.1) is 20.8 Å². The van der Waals surface area contributed by atoms with Crippen LogP contribution in [-0.2, 0) is 14.8 Å². The van der Waals surface area contributed by atoms with Crippen LogP contribution >= 0.6 is 0 Å². The van der Waals surface area contributed by atoms with E-state index >= 15 is 0 Å². The van der Waals surface area contributed by atoms with Crippen molar-refractivity contribution in [1.82, 2.24) is 5.43 Å². The molecule has 0 spiro atoms. The summed E-state index contributed by atoms with van der Waals surface area (Å²) in [4.78, 5) is 12.8. The van der Waals surface area contributed by atoms with Crippen molar-refractivity contribution in [3.63, 3.8) is 0 Å². The summed E-state index contributed by atoms with van der Waals surface area (Å²) in [5, 5.41) is 14.0. The van der Waals surface area contributed by atoms with Gasteiger partial charge in [0.15, 0.2) is 11.5 Å². The first-order valence-electron chi connectivity index (χ1n) is 10.5. The molecule has 0 bridgehead atoms. The Hall–Kier alpha value is -3.85. The van der Waals surface area contributed by atoms with Crippen molar-refractivity contribution in [2.24, 2.45) is 5.10 Å². The number of para-hydroxylation sites is 1. The molecule has 0 radical (unpaired) electrons. The van der Waals surface area contributed by atoms with Crippen LogP contribution in [0.1, 0.15) is 22.3 Å². The molecule has 178 valence electrons. The second kappa shape index (κ2) is 10.4. The lowest BCUT2D eigenvalue weighted by atomic mass is 10.1. The average molecular weight is 482 g/mol. The molecule has 2 N–H and O–H groups in total. The predicted octanol–water partition coefficient (Wildman–Crippen LogP) is 3.67. The maximum absolute atomic E-state index is 13.5.